The van der Waals surface area contributed by atoms with Gasteiger partial charge in [-0.2, -0.15) is 0 Å². The molecule has 0 aliphatic heterocycles. The molecule has 0 saturated heterocycles. The van der Waals surface area contributed by atoms with Crippen LogP contribution in [0, 0.1) is 0 Å². The lowest BCUT2D eigenvalue weighted by Crippen LogP contribution is -1.83. The van der Waals surface area contributed by atoms with Crippen LogP contribution < -0.4 is 0 Å². The molecule has 0 bridgehead atoms. The molecule has 0 aromatic heterocycles. The minimum absolute atomic E-state index is 1.09. The Kier molecular flexibility index (Phi) is 18.6. The molecule has 1 nitrogen and oxygen atoms in total. The molecule has 0 spiro atoms. The summed E-state index contributed by atoms with van der Waals surface area (Å²) in [6.07, 6.45) is 27.8. The maximum atomic E-state index is 8.46. The van der Waals surface area contributed by atoms with E-state index in [1.54, 1.807) is 6.08 Å². The Bertz CT molecular complexity index is 230. The first kappa shape index (κ1) is 20.3. The average Bonchev–Trinajstić information content (AvgIpc) is 2.50. The van der Waals surface area contributed by atoms with E-state index in [4.69, 9.17) is 5.11 Å². The van der Waals surface area contributed by atoms with Crippen molar-refractivity contribution < 1.29 is 5.11 Å². The van der Waals surface area contributed by atoms with E-state index < -0.39 is 0 Å². The summed E-state index contributed by atoms with van der Waals surface area (Å²) >= 11 is 0. The minimum Gasteiger partial charge on any atom is -0.516 e. The zero-order chi connectivity index (χ0) is 15.4. The molecule has 0 aliphatic rings. The summed E-state index contributed by atoms with van der Waals surface area (Å²) in [6.45, 7) is 2.28. The fourth-order valence-corrected chi connectivity index (χ4v) is 2.68. The molecule has 0 atom stereocenters. The van der Waals surface area contributed by atoms with Crippen molar-refractivity contribution in [3.63, 3.8) is 0 Å². The summed E-state index contributed by atoms with van der Waals surface area (Å²) in [4.78, 5) is 0. The fourth-order valence-electron chi connectivity index (χ4n) is 2.68. The molecule has 0 aromatic carbocycles. The molecule has 21 heavy (non-hydrogen) atoms. The molecule has 0 heterocycles. The molecule has 0 unspecified atom stereocenters. The lowest BCUT2D eigenvalue weighted by Gasteiger charge is -2.02. The number of hydrogen-bond acceptors (Lipinski definition) is 1. The van der Waals surface area contributed by atoms with Gasteiger partial charge in [0.2, 0.25) is 0 Å². The molecule has 1 heteroatoms. The van der Waals surface area contributed by atoms with Crippen LogP contribution in [0.5, 0.6) is 0 Å². The van der Waals surface area contributed by atoms with Gasteiger partial charge in [-0.05, 0) is 18.9 Å². The van der Waals surface area contributed by atoms with E-state index in [0.717, 1.165) is 12.7 Å². The van der Waals surface area contributed by atoms with Crippen molar-refractivity contribution in [3.8, 4) is 0 Å². The zero-order valence-electron chi connectivity index (χ0n) is 14.4. The Labute approximate surface area is 133 Å². The molecule has 1 N–H and O–H groups in total. The number of hydrogen-bond donors (Lipinski definition) is 1. The molecular formula is C20H38O. The highest BCUT2D eigenvalue weighted by atomic mass is 16.2. The zero-order valence-corrected chi connectivity index (χ0v) is 14.4. The van der Waals surface area contributed by atoms with Crippen molar-refractivity contribution in [2.75, 3.05) is 0 Å². The smallest absolute Gasteiger partial charge is 0.0791 e. The van der Waals surface area contributed by atoms with Crippen molar-refractivity contribution >= 4 is 0 Å². The molecule has 0 aliphatic carbocycles. The Morgan fingerprint density at radius 1 is 0.571 bits per heavy atom. The highest BCUT2D eigenvalue weighted by Crippen LogP contribution is 2.13. The predicted octanol–water partition coefficient (Wildman–Crippen LogP) is 7.49. The second-order valence-electron chi connectivity index (χ2n) is 6.15. The van der Waals surface area contributed by atoms with E-state index in [-0.39, 0.29) is 0 Å². The van der Waals surface area contributed by atoms with Crippen LogP contribution in [0.15, 0.2) is 24.5 Å². The Balaban J connectivity index is 2.99. The quantitative estimate of drug-likeness (QED) is 0.178. The van der Waals surface area contributed by atoms with Crippen LogP contribution in [0.3, 0.4) is 0 Å². The maximum Gasteiger partial charge on any atom is 0.0791 e. The van der Waals surface area contributed by atoms with Crippen LogP contribution in [-0.2, 0) is 0 Å². The number of allylic oxidation sites excluding steroid dienone is 3. The van der Waals surface area contributed by atoms with Gasteiger partial charge in [0.05, 0.1) is 6.26 Å². The van der Waals surface area contributed by atoms with Gasteiger partial charge in [-0.1, -0.05) is 103 Å². The van der Waals surface area contributed by atoms with Crippen LogP contribution in [-0.4, -0.2) is 5.11 Å². The van der Waals surface area contributed by atoms with Gasteiger partial charge in [-0.25, -0.2) is 0 Å². The van der Waals surface area contributed by atoms with E-state index in [2.05, 4.69) is 13.0 Å². The Morgan fingerprint density at radius 3 is 1.43 bits per heavy atom. The summed E-state index contributed by atoms with van der Waals surface area (Å²) < 4.78 is 0. The summed E-state index contributed by atoms with van der Waals surface area (Å²) in [5, 5.41) is 8.46. The van der Waals surface area contributed by atoms with Crippen molar-refractivity contribution in [1.82, 2.24) is 0 Å². The third kappa shape index (κ3) is 19.3. The second-order valence-corrected chi connectivity index (χ2v) is 6.15. The van der Waals surface area contributed by atoms with E-state index >= 15 is 0 Å². The van der Waals surface area contributed by atoms with Crippen LogP contribution in [0.1, 0.15) is 103 Å². The highest BCUT2D eigenvalue weighted by molar-refractivity contribution is 4.98. The molecule has 0 aromatic rings. The number of aliphatic hydroxyl groups is 1. The first-order chi connectivity index (χ1) is 10.4. The molecule has 0 rings (SSSR count). The maximum absolute atomic E-state index is 8.46. The summed E-state index contributed by atoms with van der Waals surface area (Å²) in [7, 11) is 0. The molecule has 0 fully saturated rings. The van der Waals surface area contributed by atoms with E-state index in [1.807, 2.05) is 6.08 Å². The van der Waals surface area contributed by atoms with E-state index in [0.29, 0.717) is 0 Å². The summed E-state index contributed by atoms with van der Waals surface area (Å²) in [5.41, 5.74) is 0. The van der Waals surface area contributed by atoms with Gasteiger partial charge in [-0.15, -0.1) is 0 Å². The molecule has 0 saturated carbocycles. The van der Waals surface area contributed by atoms with Gasteiger partial charge < -0.3 is 5.11 Å². The first-order valence-corrected chi connectivity index (χ1v) is 9.37. The van der Waals surface area contributed by atoms with Gasteiger partial charge in [0.15, 0.2) is 0 Å². The Hall–Kier alpha value is -0.720. The van der Waals surface area contributed by atoms with Crippen LogP contribution in [0.25, 0.3) is 0 Å². The van der Waals surface area contributed by atoms with Gasteiger partial charge >= 0.3 is 0 Å². The van der Waals surface area contributed by atoms with Crippen LogP contribution >= 0.6 is 0 Å². The number of rotatable bonds is 16. The van der Waals surface area contributed by atoms with E-state index in [9.17, 15) is 0 Å². The largest absolute Gasteiger partial charge is 0.516 e. The van der Waals surface area contributed by atoms with Crippen molar-refractivity contribution in [2.24, 2.45) is 0 Å². The molecular weight excluding hydrogens is 256 g/mol. The van der Waals surface area contributed by atoms with Gasteiger partial charge in [0.25, 0.3) is 0 Å². The topological polar surface area (TPSA) is 20.2 Å². The van der Waals surface area contributed by atoms with Crippen LogP contribution in [0.4, 0.5) is 0 Å². The molecule has 0 radical (unpaired) electrons. The number of aliphatic hydroxyl groups excluding tert-OH is 1. The Morgan fingerprint density at radius 2 is 1.00 bits per heavy atom. The highest BCUT2D eigenvalue weighted by Gasteiger charge is 1.93. The summed E-state index contributed by atoms with van der Waals surface area (Å²) in [6, 6.07) is 0. The monoisotopic (exact) mass is 294 g/mol. The standard InChI is InChI=1S/C20H38O/c1-2-3-4-5-6-7-8-9-10-11-12-13-14-15-16-17-18-19-20-21/h17-21H,2-16H2,1H3/b18-17+,20-19+. The van der Waals surface area contributed by atoms with Crippen molar-refractivity contribution in [1.29, 1.82) is 0 Å². The lowest BCUT2D eigenvalue weighted by molar-refractivity contribution is 0.473. The molecule has 124 valence electrons. The second kappa shape index (κ2) is 19.3. The minimum atomic E-state index is 1.09. The van der Waals surface area contributed by atoms with Crippen molar-refractivity contribution in [3.05, 3.63) is 24.5 Å². The predicted molar refractivity (Wildman–Crippen MR) is 95.8 cm³/mol. The van der Waals surface area contributed by atoms with Gasteiger partial charge in [-0.3, -0.25) is 0 Å². The van der Waals surface area contributed by atoms with Gasteiger partial charge in [0.1, 0.15) is 0 Å². The normalized spacial score (nSPS) is 11.9. The average molecular weight is 295 g/mol. The van der Waals surface area contributed by atoms with E-state index in [1.165, 1.54) is 89.9 Å². The van der Waals surface area contributed by atoms with Crippen molar-refractivity contribution in [2.45, 2.75) is 103 Å². The molecule has 0 amide bonds. The first-order valence-electron chi connectivity index (χ1n) is 9.37. The van der Waals surface area contributed by atoms with Crippen LogP contribution in [0.2, 0.25) is 0 Å². The van der Waals surface area contributed by atoms with Gasteiger partial charge in [0, 0.05) is 0 Å². The third-order valence-corrected chi connectivity index (χ3v) is 4.06. The lowest BCUT2D eigenvalue weighted by atomic mass is 10.0. The fraction of sp³-hybridized carbons (Fsp3) is 0.800. The summed E-state index contributed by atoms with van der Waals surface area (Å²) in [5.74, 6) is 0. The SMILES string of the molecule is CCCCCCCCCCCCCCCC/C=C/C=C/O. The third-order valence-electron chi connectivity index (χ3n) is 4.06. The number of unbranched alkanes of at least 4 members (excludes halogenated alkanes) is 14.